The molecular formula is C17H22N4O2S. The van der Waals surface area contributed by atoms with Crippen LogP contribution in [0.1, 0.15) is 5.69 Å². The summed E-state index contributed by atoms with van der Waals surface area (Å²) in [4.78, 5) is 10.9. The van der Waals surface area contributed by atoms with Crippen LogP contribution in [-0.4, -0.2) is 49.4 Å². The number of benzene rings is 1. The Kier molecular flexibility index (Phi) is 6.31. The average molecular weight is 346 g/mol. The number of nitrogens with zero attached hydrogens (tertiary/aromatic N) is 3. The van der Waals surface area contributed by atoms with E-state index in [4.69, 9.17) is 9.47 Å². The normalized spacial score (nSPS) is 10.7. The summed E-state index contributed by atoms with van der Waals surface area (Å²) < 4.78 is 10.6. The number of hydrogen-bond acceptors (Lipinski definition) is 7. The molecule has 0 bridgehead atoms. The zero-order valence-corrected chi connectivity index (χ0v) is 15.3. The summed E-state index contributed by atoms with van der Waals surface area (Å²) in [5, 5.41) is 3.99. The van der Waals surface area contributed by atoms with E-state index in [1.807, 2.05) is 61.8 Å². The van der Waals surface area contributed by atoms with E-state index >= 15 is 0 Å². The lowest BCUT2D eigenvalue weighted by Gasteiger charge is -2.11. The third kappa shape index (κ3) is 5.06. The standard InChI is InChI=1S/C17H22N4O2S/c1-21(2)7-6-12-10-16(20-17(19-12)24-5)18-13-8-14(22-3)11-15(9-13)23-4/h6-11H,1-5H3,(H,18,19,20)/b7-6+. The molecule has 1 aromatic carbocycles. The highest BCUT2D eigenvalue weighted by Crippen LogP contribution is 2.28. The van der Waals surface area contributed by atoms with Gasteiger partial charge >= 0.3 is 0 Å². The van der Waals surface area contributed by atoms with E-state index in [-0.39, 0.29) is 0 Å². The Balaban J connectivity index is 2.33. The lowest BCUT2D eigenvalue weighted by molar-refractivity contribution is 0.395. The van der Waals surface area contributed by atoms with Gasteiger partial charge in [0.2, 0.25) is 0 Å². The predicted molar refractivity (Wildman–Crippen MR) is 99.4 cm³/mol. The van der Waals surface area contributed by atoms with Crippen molar-refractivity contribution in [1.29, 1.82) is 0 Å². The minimum Gasteiger partial charge on any atom is -0.497 e. The number of thioether (sulfide) groups is 1. The summed E-state index contributed by atoms with van der Waals surface area (Å²) in [7, 11) is 7.18. The molecular weight excluding hydrogens is 324 g/mol. The number of rotatable bonds is 7. The zero-order chi connectivity index (χ0) is 17.5. The van der Waals surface area contributed by atoms with Gasteiger partial charge in [0.05, 0.1) is 19.9 Å². The lowest BCUT2D eigenvalue weighted by atomic mass is 10.2. The maximum Gasteiger partial charge on any atom is 0.189 e. The molecule has 0 spiro atoms. The smallest absolute Gasteiger partial charge is 0.189 e. The van der Waals surface area contributed by atoms with Crippen molar-refractivity contribution in [2.24, 2.45) is 0 Å². The molecule has 1 heterocycles. The van der Waals surface area contributed by atoms with Crippen LogP contribution < -0.4 is 14.8 Å². The second kappa shape index (κ2) is 8.44. The van der Waals surface area contributed by atoms with E-state index in [1.54, 1.807) is 14.2 Å². The van der Waals surface area contributed by atoms with E-state index in [1.165, 1.54) is 11.8 Å². The molecule has 7 heteroatoms. The molecule has 0 fully saturated rings. The van der Waals surface area contributed by atoms with Gasteiger partial charge in [0.1, 0.15) is 17.3 Å². The van der Waals surface area contributed by atoms with E-state index in [0.717, 1.165) is 11.4 Å². The molecule has 0 saturated heterocycles. The van der Waals surface area contributed by atoms with Gasteiger partial charge in [-0.25, -0.2) is 9.97 Å². The molecule has 128 valence electrons. The largest absolute Gasteiger partial charge is 0.497 e. The molecule has 0 atom stereocenters. The van der Waals surface area contributed by atoms with Crippen LogP contribution in [0, 0.1) is 0 Å². The first-order chi connectivity index (χ1) is 11.5. The highest BCUT2D eigenvalue weighted by molar-refractivity contribution is 7.98. The van der Waals surface area contributed by atoms with Crippen LogP contribution >= 0.6 is 11.8 Å². The molecule has 0 amide bonds. The fraction of sp³-hybridized carbons (Fsp3) is 0.294. The van der Waals surface area contributed by atoms with Gasteiger partial charge in [-0.05, 0) is 12.3 Å². The third-order valence-electron chi connectivity index (χ3n) is 3.08. The monoisotopic (exact) mass is 346 g/mol. The van der Waals surface area contributed by atoms with Crippen LogP contribution in [0.15, 0.2) is 35.6 Å². The predicted octanol–water partition coefficient (Wildman–Crippen LogP) is 3.49. The van der Waals surface area contributed by atoms with E-state index in [0.29, 0.717) is 22.5 Å². The van der Waals surface area contributed by atoms with Crippen molar-refractivity contribution in [2.45, 2.75) is 5.16 Å². The Morgan fingerprint density at radius 3 is 2.25 bits per heavy atom. The molecule has 0 saturated carbocycles. The second-order valence-corrected chi connectivity index (χ2v) is 5.94. The van der Waals surface area contributed by atoms with Crippen molar-refractivity contribution in [1.82, 2.24) is 14.9 Å². The Morgan fingerprint density at radius 1 is 1.04 bits per heavy atom. The highest BCUT2D eigenvalue weighted by atomic mass is 32.2. The third-order valence-corrected chi connectivity index (χ3v) is 3.62. The number of methoxy groups -OCH3 is 2. The first-order valence-electron chi connectivity index (χ1n) is 7.32. The molecule has 0 aliphatic rings. The summed E-state index contributed by atoms with van der Waals surface area (Å²) in [5.74, 6) is 2.13. The van der Waals surface area contributed by atoms with Crippen LogP contribution in [0.3, 0.4) is 0 Å². The molecule has 1 aromatic heterocycles. The van der Waals surface area contributed by atoms with Crippen LogP contribution in [0.25, 0.3) is 6.08 Å². The van der Waals surface area contributed by atoms with Gasteiger partial charge in [-0.2, -0.15) is 0 Å². The summed E-state index contributed by atoms with van der Waals surface area (Å²) >= 11 is 1.50. The van der Waals surface area contributed by atoms with Gasteiger partial charge in [0.15, 0.2) is 5.16 Å². The first kappa shape index (κ1) is 17.9. The molecule has 2 rings (SSSR count). The lowest BCUT2D eigenvalue weighted by Crippen LogP contribution is -2.01. The van der Waals surface area contributed by atoms with E-state index in [9.17, 15) is 0 Å². The molecule has 0 aliphatic carbocycles. The maximum absolute atomic E-state index is 5.30. The summed E-state index contributed by atoms with van der Waals surface area (Å²) in [6.07, 6.45) is 5.84. The minimum atomic E-state index is 0.702. The molecule has 0 unspecified atom stereocenters. The second-order valence-electron chi connectivity index (χ2n) is 5.17. The number of nitrogens with one attached hydrogen (secondary N) is 1. The minimum absolute atomic E-state index is 0.702. The van der Waals surface area contributed by atoms with Crippen molar-refractivity contribution >= 4 is 29.3 Å². The van der Waals surface area contributed by atoms with E-state index < -0.39 is 0 Å². The Bertz CT molecular complexity index is 697. The van der Waals surface area contributed by atoms with Crippen LogP contribution in [0.4, 0.5) is 11.5 Å². The van der Waals surface area contributed by atoms with Gasteiger partial charge in [-0.15, -0.1) is 0 Å². The highest BCUT2D eigenvalue weighted by Gasteiger charge is 2.06. The van der Waals surface area contributed by atoms with E-state index in [2.05, 4.69) is 15.3 Å². The summed E-state index contributed by atoms with van der Waals surface area (Å²) in [6, 6.07) is 7.49. The van der Waals surface area contributed by atoms with Crippen molar-refractivity contribution in [2.75, 3.05) is 39.9 Å². The molecule has 6 nitrogen and oxygen atoms in total. The molecule has 0 radical (unpaired) electrons. The average Bonchev–Trinajstić information content (AvgIpc) is 2.59. The first-order valence-corrected chi connectivity index (χ1v) is 8.54. The number of hydrogen-bond donors (Lipinski definition) is 1. The number of anilines is 2. The molecule has 2 aromatic rings. The van der Waals surface area contributed by atoms with Gasteiger partial charge in [-0.1, -0.05) is 11.8 Å². The fourth-order valence-corrected chi connectivity index (χ4v) is 2.32. The Hall–Kier alpha value is -2.41. The number of ether oxygens (including phenoxy) is 2. The van der Waals surface area contributed by atoms with Crippen LogP contribution in [0.5, 0.6) is 11.5 Å². The zero-order valence-electron chi connectivity index (χ0n) is 14.5. The van der Waals surface area contributed by atoms with Crippen molar-refractivity contribution < 1.29 is 9.47 Å². The van der Waals surface area contributed by atoms with Gasteiger partial charge < -0.3 is 19.7 Å². The summed E-state index contributed by atoms with van der Waals surface area (Å²) in [6.45, 7) is 0. The Morgan fingerprint density at radius 2 is 1.71 bits per heavy atom. The maximum atomic E-state index is 5.30. The van der Waals surface area contributed by atoms with Crippen molar-refractivity contribution in [3.8, 4) is 11.5 Å². The molecule has 0 aliphatic heterocycles. The van der Waals surface area contributed by atoms with Crippen LogP contribution in [0.2, 0.25) is 0 Å². The van der Waals surface area contributed by atoms with Crippen molar-refractivity contribution in [3.63, 3.8) is 0 Å². The quantitative estimate of drug-likeness (QED) is 0.608. The molecule has 24 heavy (non-hydrogen) atoms. The van der Waals surface area contributed by atoms with Gasteiger partial charge in [0.25, 0.3) is 0 Å². The Labute approximate surface area is 146 Å². The van der Waals surface area contributed by atoms with Gasteiger partial charge in [0, 0.05) is 50.2 Å². The van der Waals surface area contributed by atoms with Crippen LogP contribution in [-0.2, 0) is 0 Å². The fourth-order valence-electron chi connectivity index (χ4n) is 1.94. The SMILES string of the molecule is COc1cc(Nc2cc(/C=C/N(C)C)nc(SC)n2)cc(OC)c1. The summed E-state index contributed by atoms with van der Waals surface area (Å²) in [5.41, 5.74) is 1.67. The topological polar surface area (TPSA) is 59.5 Å². The van der Waals surface area contributed by atoms with Crippen molar-refractivity contribution in [3.05, 3.63) is 36.2 Å². The van der Waals surface area contributed by atoms with Gasteiger partial charge in [-0.3, -0.25) is 0 Å². The number of aromatic nitrogens is 2. The molecule has 1 N–H and O–H groups in total.